The van der Waals surface area contributed by atoms with Crippen molar-refractivity contribution in [1.82, 2.24) is 0 Å². The molecule has 4 heteroatoms. The maximum absolute atomic E-state index is 9.12. The lowest BCUT2D eigenvalue weighted by Crippen LogP contribution is -2.24. The number of anilines is 1. The summed E-state index contributed by atoms with van der Waals surface area (Å²) in [6.07, 6.45) is 0.237. The first kappa shape index (κ1) is 14.0. The number of nitriles is 1. The van der Waals surface area contributed by atoms with Crippen LogP contribution in [0.1, 0.15) is 19.4 Å². The van der Waals surface area contributed by atoms with Crippen LogP contribution in [0, 0.1) is 11.3 Å². The Morgan fingerprint density at radius 1 is 1.47 bits per heavy atom. The van der Waals surface area contributed by atoms with E-state index < -0.39 is 0 Å². The van der Waals surface area contributed by atoms with Crippen LogP contribution >= 0.6 is 15.9 Å². The van der Waals surface area contributed by atoms with E-state index in [4.69, 9.17) is 10.00 Å². The standard InChI is InChI=1S/C13H17BrN2O/c1-10(2)17-8-7-16(3)13-6-4-5-12(14)11(13)9-15/h4-6,10H,7-8H2,1-3H3. The first-order chi connectivity index (χ1) is 8.06. The Balaban J connectivity index is 2.72. The van der Waals surface area contributed by atoms with Crippen LogP contribution in [0.4, 0.5) is 5.69 Å². The smallest absolute Gasteiger partial charge is 0.103 e. The fourth-order valence-corrected chi connectivity index (χ4v) is 1.93. The highest BCUT2D eigenvalue weighted by atomic mass is 79.9. The molecule has 0 aliphatic carbocycles. The van der Waals surface area contributed by atoms with Gasteiger partial charge in [-0.2, -0.15) is 5.26 Å². The normalized spacial score (nSPS) is 10.4. The molecule has 1 aromatic rings. The summed E-state index contributed by atoms with van der Waals surface area (Å²) in [6.45, 7) is 5.45. The summed E-state index contributed by atoms with van der Waals surface area (Å²) < 4.78 is 6.33. The van der Waals surface area contributed by atoms with Crippen molar-refractivity contribution in [1.29, 1.82) is 5.26 Å². The van der Waals surface area contributed by atoms with Crippen LogP contribution in [0.5, 0.6) is 0 Å². The van der Waals surface area contributed by atoms with Crippen LogP contribution in [0.2, 0.25) is 0 Å². The van der Waals surface area contributed by atoms with E-state index in [1.807, 2.05) is 44.0 Å². The summed E-state index contributed by atoms with van der Waals surface area (Å²) in [6, 6.07) is 7.96. The molecule has 0 amide bonds. The second-order valence-corrected chi connectivity index (χ2v) is 4.94. The van der Waals surface area contributed by atoms with Gasteiger partial charge in [0.25, 0.3) is 0 Å². The number of nitrogens with zero attached hydrogens (tertiary/aromatic N) is 2. The van der Waals surface area contributed by atoms with Gasteiger partial charge in [-0.15, -0.1) is 0 Å². The third-order valence-corrected chi connectivity index (χ3v) is 3.05. The van der Waals surface area contributed by atoms with Gasteiger partial charge in [-0.05, 0) is 41.9 Å². The predicted octanol–water partition coefficient (Wildman–Crippen LogP) is 3.18. The minimum absolute atomic E-state index is 0.237. The largest absolute Gasteiger partial charge is 0.377 e. The summed E-state index contributed by atoms with van der Waals surface area (Å²) >= 11 is 3.39. The Labute approximate surface area is 111 Å². The molecule has 0 aliphatic heterocycles. The van der Waals surface area contributed by atoms with E-state index in [1.54, 1.807) is 0 Å². The van der Waals surface area contributed by atoms with Crippen molar-refractivity contribution >= 4 is 21.6 Å². The van der Waals surface area contributed by atoms with Crippen LogP contribution in [0.15, 0.2) is 22.7 Å². The zero-order valence-corrected chi connectivity index (χ0v) is 12.0. The van der Waals surface area contributed by atoms with Gasteiger partial charge < -0.3 is 9.64 Å². The Kier molecular flexibility index (Phi) is 5.46. The molecule has 0 fully saturated rings. The topological polar surface area (TPSA) is 36.3 Å². The van der Waals surface area contributed by atoms with Crippen molar-refractivity contribution in [3.05, 3.63) is 28.2 Å². The first-order valence-corrected chi connectivity index (χ1v) is 6.37. The number of rotatable bonds is 5. The number of ether oxygens (including phenoxy) is 1. The molecule has 1 rings (SSSR count). The third-order valence-electron chi connectivity index (χ3n) is 2.39. The molecule has 0 radical (unpaired) electrons. The van der Waals surface area contributed by atoms with Gasteiger partial charge in [0.2, 0.25) is 0 Å². The van der Waals surface area contributed by atoms with Gasteiger partial charge in [0, 0.05) is 18.1 Å². The Bertz CT molecular complexity index is 412. The molecule has 1 aromatic carbocycles. The summed E-state index contributed by atoms with van der Waals surface area (Å²) in [7, 11) is 1.96. The van der Waals surface area contributed by atoms with E-state index in [-0.39, 0.29) is 6.10 Å². The minimum atomic E-state index is 0.237. The first-order valence-electron chi connectivity index (χ1n) is 5.57. The fraction of sp³-hybridized carbons (Fsp3) is 0.462. The third kappa shape index (κ3) is 4.03. The van der Waals surface area contributed by atoms with Crippen LogP contribution in [0.25, 0.3) is 0 Å². The summed E-state index contributed by atoms with van der Waals surface area (Å²) in [5.74, 6) is 0. The molecule has 0 spiro atoms. The van der Waals surface area contributed by atoms with Crippen molar-refractivity contribution in [2.45, 2.75) is 20.0 Å². The van der Waals surface area contributed by atoms with Crippen molar-refractivity contribution in [2.24, 2.45) is 0 Å². The lowest BCUT2D eigenvalue weighted by atomic mass is 10.2. The summed E-state index contributed by atoms with van der Waals surface area (Å²) in [4.78, 5) is 2.03. The Hall–Kier alpha value is -1.05. The molecule has 0 bridgehead atoms. The lowest BCUT2D eigenvalue weighted by Gasteiger charge is -2.21. The van der Waals surface area contributed by atoms with Crippen molar-refractivity contribution in [2.75, 3.05) is 25.1 Å². The maximum Gasteiger partial charge on any atom is 0.103 e. The van der Waals surface area contributed by atoms with E-state index in [0.717, 1.165) is 16.7 Å². The Morgan fingerprint density at radius 3 is 2.76 bits per heavy atom. The maximum atomic E-state index is 9.12. The van der Waals surface area contributed by atoms with E-state index in [2.05, 4.69) is 22.0 Å². The average molecular weight is 297 g/mol. The van der Waals surface area contributed by atoms with E-state index >= 15 is 0 Å². The average Bonchev–Trinajstić information content (AvgIpc) is 2.28. The molecule has 0 saturated carbocycles. The minimum Gasteiger partial charge on any atom is -0.377 e. The molecule has 92 valence electrons. The number of halogens is 1. The zero-order valence-electron chi connectivity index (χ0n) is 10.4. The highest BCUT2D eigenvalue weighted by molar-refractivity contribution is 9.10. The molecule has 0 N–H and O–H groups in total. The number of likely N-dealkylation sites (N-methyl/N-ethyl adjacent to an activating group) is 1. The summed E-state index contributed by atoms with van der Waals surface area (Å²) in [5.41, 5.74) is 1.59. The molecule has 0 unspecified atom stereocenters. The zero-order chi connectivity index (χ0) is 12.8. The van der Waals surface area contributed by atoms with Gasteiger partial charge >= 0.3 is 0 Å². The molecular formula is C13H17BrN2O. The summed E-state index contributed by atoms with van der Waals surface area (Å²) in [5, 5.41) is 9.12. The quantitative estimate of drug-likeness (QED) is 0.837. The van der Waals surface area contributed by atoms with Crippen molar-refractivity contribution in [3.63, 3.8) is 0 Å². The predicted molar refractivity (Wildman–Crippen MR) is 73.2 cm³/mol. The van der Waals surface area contributed by atoms with Crippen LogP contribution in [-0.4, -0.2) is 26.3 Å². The molecule has 0 atom stereocenters. The molecule has 0 heterocycles. The van der Waals surface area contributed by atoms with Gasteiger partial charge in [0.1, 0.15) is 6.07 Å². The number of benzene rings is 1. The van der Waals surface area contributed by atoms with Gasteiger partial charge in [-0.3, -0.25) is 0 Å². The molecule has 17 heavy (non-hydrogen) atoms. The monoisotopic (exact) mass is 296 g/mol. The highest BCUT2D eigenvalue weighted by Crippen LogP contribution is 2.26. The van der Waals surface area contributed by atoms with E-state index in [0.29, 0.717) is 12.2 Å². The van der Waals surface area contributed by atoms with Gasteiger partial charge in [0.15, 0.2) is 0 Å². The van der Waals surface area contributed by atoms with Crippen LogP contribution < -0.4 is 4.90 Å². The Morgan fingerprint density at radius 2 is 2.18 bits per heavy atom. The highest BCUT2D eigenvalue weighted by Gasteiger charge is 2.10. The van der Waals surface area contributed by atoms with E-state index in [1.165, 1.54) is 0 Å². The number of hydrogen-bond donors (Lipinski definition) is 0. The second kappa shape index (κ2) is 6.63. The fourth-order valence-electron chi connectivity index (χ4n) is 1.49. The molecule has 0 aliphatic rings. The van der Waals surface area contributed by atoms with Crippen molar-refractivity contribution in [3.8, 4) is 6.07 Å². The van der Waals surface area contributed by atoms with Gasteiger partial charge in [-0.25, -0.2) is 0 Å². The number of hydrogen-bond acceptors (Lipinski definition) is 3. The molecule has 0 saturated heterocycles. The SMILES string of the molecule is CC(C)OCCN(C)c1cccc(Br)c1C#N. The van der Waals surface area contributed by atoms with Crippen LogP contribution in [0.3, 0.4) is 0 Å². The molecular weight excluding hydrogens is 280 g/mol. The van der Waals surface area contributed by atoms with Gasteiger partial charge in [0.05, 0.1) is 24.0 Å². The van der Waals surface area contributed by atoms with Crippen molar-refractivity contribution < 1.29 is 4.74 Å². The lowest BCUT2D eigenvalue weighted by molar-refractivity contribution is 0.0846. The molecule has 0 aromatic heterocycles. The van der Waals surface area contributed by atoms with Gasteiger partial charge in [-0.1, -0.05) is 6.07 Å². The molecule has 3 nitrogen and oxygen atoms in total. The second-order valence-electron chi connectivity index (χ2n) is 4.09. The van der Waals surface area contributed by atoms with E-state index in [9.17, 15) is 0 Å². The van der Waals surface area contributed by atoms with Crippen LogP contribution in [-0.2, 0) is 4.74 Å².